The Hall–Kier alpha value is -2.13. The molecule has 2 aromatic rings. The van der Waals surface area contributed by atoms with Crippen molar-refractivity contribution in [1.82, 2.24) is 20.1 Å². The Kier molecular flexibility index (Phi) is 2.98. The molecule has 0 fully saturated rings. The number of nitrogens with one attached hydrogen (secondary N) is 1. The van der Waals surface area contributed by atoms with Crippen molar-refractivity contribution in [2.24, 2.45) is 7.05 Å². The Balaban J connectivity index is 1.85. The lowest BCUT2D eigenvalue weighted by Crippen LogP contribution is -2.15. The number of aromatic nitrogens is 3. The lowest BCUT2D eigenvalue weighted by Gasteiger charge is -2.01. The van der Waals surface area contributed by atoms with Gasteiger partial charge in [0.25, 0.3) is 0 Å². The van der Waals surface area contributed by atoms with Crippen LogP contribution in [0.2, 0.25) is 0 Å². The molecule has 0 spiro atoms. The van der Waals surface area contributed by atoms with Gasteiger partial charge in [0.05, 0.1) is 13.1 Å². The normalized spacial score (nSPS) is 10.2. The SMILES string of the molecule is Cn1cnnc1CNCc1ccc(C#N)o1. The van der Waals surface area contributed by atoms with Gasteiger partial charge in [0.1, 0.15) is 24.0 Å². The molecule has 1 N–H and O–H groups in total. The lowest BCUT2D eigenvalue weighted by atomic mass is 10.4. The Labute approximate surface area is 92.5 Å². The molecule has 0 aromatic carbocycles. The number of hydrogen-bond acceptors (Lipinski definition) is 5. The summed E-state index contributed by atoms with van der Waals surface area (Å²) in [7, 11) is 1.89. The number of furan rings is 1. The molecule has 0 bridgehead atoms. The van der Waals surface area contributed by atoms with Crippen molar-refractivity contribution in [2.45, 2.75) is 13.1 Å². The van der Waals surface area contributed by atoms with E-state index in [1.54, 1.807) is 18.5 Å². The van der Waals surface area contributed by atoms with E-state index in [2.05, 4.69) is 15.5 Å². The fourth-order valence-electron chi connectivity index (χ4n) is 1.30. The first kappa shape index (κ1) is 10.4. The van der Waals surface area contributed by atoms with Crippen LogP contribution in [0.1, 0.15) is 17.3 Å². The molecule has 2 rings (SSSR count). The molecule has 0 saturated carbocycles. The first-order chi connectivity index (χ1) is 7.79. The van der Waals surface area contributed by atoms with Crippen LogP contribution < -0.4 is 5.32 Å². The minimum Gasteiger partial charge on any atom is -0.449 e. The molecular weight excluding hydrogens is 206 g/mol. The molecule has 2 aromatic heterocycles. The predicted octanol–water partition coefficient (Wildman–Crippen LogP) is 0.570. The highest BCUT2D eigenvalue weighted by atomic mass is 16.3. The van der Waals surface area contributed by atoms with Crippen LogP contribution >= 0.6 is 0 Å². The third kappa shape index (κ3) is 2.27. The Morgan fingerprint density at radius 3 is 3.00 bits per heavy atom. The van der Waals surface area contributed by atoms with Crippen LogP contribution in [0, 0.1) is 11.3 Å². The van der Waals surface area contributed by atoms with Crippen LogP contribution in [-0.2, 0) is 20.1 Å². The maximum Gasteiger partial charge on any atom is 0.203 e. The lowest BCUT2D eigenvalue weighted by molar-refractivity contribution is 0.470. The largest absolute Gasteiger partial charge is 0.449 e. The zero-order valence-electron chi connectivity index (χ0n) is 8.84. The summed E-state index contributed by atoms with van der Waals surface area (Å²) in [6, 6.07) is 5.37. The first-order valence-corrected chi connectivity index (χ1v) is 4.82. The molecule has 0 radical (unpaired) electrons. The number of nitriles is 1. The quantitative estimate of drug-likeness (QED) is 0.809. The van der Waals surface area contributed by atoms with E-state index in [0.29, 0.717) is 18.8 Å². The number of aryl methyl sites for hydroxylation is 1. The van der Waals surface area contributed by atoms with Gasteiger partial charge in [-0.3, -0.25) is 0 Å². The minimum atomic E-state index is 0.329. The van der Waals surface area contributed by atoms with Crippen LogP contribution in [0.25, 0.3) is 0 Å². The van der Waals surface area contributed by atoms with Crippen LogP contribution in [0.5, 0.6) is 0 Å². The second kappa shape index (κ2) is 4.59. The third-order valence-electron chi connectivity index (χ3n) is 2.16. The van der Waals surface area contributed by atoms with Crippen molar-refractivity contribution in [3.63, 3.8) is 0 Å². The molecule has 16 heavy (non-hydrogen) atoms. The maximum absolute atomic E-state index is 8.58. The smallest absolute Gasteiger partial charge is 0.203 e. The van der Waals surface area contributed by atoms with Crippen molar-refractivity contribution < 1.29 is 4.42 Å². The summed E-state index contributed by atoms with van der Waals surface area (Å²) >= 11 is 0. The van der Waals surface area contributed by atoms with E-state index in [0.717, 1.165) is 11.6 Å². The highest BCUT2D eigenvalue weighted by Gasteiger charge is 2.02. The van der Waals surface area contributed by atoms with Crippen LogP contribution in [-0.4, -0.2) is 14.8 Å². The van der Waals surface area contributed by atoms with Gasteiger partial charge in [-0.05, 0) is 12.1 Å². The summed E-state index contributed by atoms with van der Waals surface area (Å²) < 4.78 is 7.06. The van der Waals surface area contributed by atoms with Crippen LogP contribution in [0.4, 0.5) is 0 Å². The molecule has 2 heterocycles. The molecule has 0 aliphatic rings. The third-order valence-corrected chi connectivity index (χ3v) is 2.16. The monoisotopic (exact) mass is 217 g/mol. The fourth-order valence-corrected chi connectivity index (χ4v) is 1.30. The zero-order valence-corrected chi connectivity index (χ0v) is 8.84. The number of rotatable bonds is 4. The van der Waals surface area contributed by atoms with Crippen molar-refractivity contribution in [3.8, 4) is 6.07 Å². The molecule has 0 unspecified atom stereocenters. The molecule has 0 aliphatic carbocycles. The predicted molar refractivity (Wildman–Crippen MR) is 55.0 cm³/mol. The molecule has 6 nitrogen and oxygen atoms in total. The van der Waals surface area contributed by atoms with Gasteiger partial charge in [0.15, 0.2) is 0 Å². The molecule has 0 saturated heterocycles. The van der Waals surface area contributed by atoms with E-state index < -0.39 is 0 Å². The Bertz CT molecular complexity index is 507. The molecular formula is C10H11N5O. The summed E-state index contributed by atoms with van der Waals surface area (Å²) in [6.45, 7) is 1.17. The number of hydrogen-bond donors (Lipinski definition) is 1. The van der Waals surface area contributed by atoms with Gasteiger partial charge in [-0.15, -0.1) is 10.2 Å². The second-order valence-electron chi connectivity index (χ2n) is 3.34. The van der Waals surface area contributed by atoms with Gasteiger partial charge in [-0.2, -0.15) is 5.26 Å². The molecule has 82 valence electrons. The van der Waals surface area contributed by atoms with Gasteiger partial charge in [-0.25, -0.2) is 0 Å². The average molecular weight is 217 g/mol. The van der Waals surface area contributed by atoms with E-state index in [1.165, 1.54) is 0 Å². The minimum absolute atomic E-state index is 0.329. The maximum atomic E-state index is 8.58. The van der Waals surface area contributed by atoms with E-state index >= 15 is 0 Å². The Morgan fingerprint density at radius 2 is 2.38 bits per heavy atom. The van der Waals surface area contributed by atoms with Crippen molar-refractivity contribution in [2.75, 3.05) is 0 Å². The second-order valence-corrected chi connectivity index (χ2v) is 3.34. The van der Waals surface area contributed by atoms with Gasteiger partial charge >= 0.3 is 0 Å². The van der Waals surface area contributed by atoms with Gasteiger partial charge in [0.2, 0.25) is 5.76 Å². The van der Waals surface area contributed by atoms with Gasteiger partial charge < -0.3 is 14.3 Å². The van der Waals surface area contributed by atoms with E-state index in [-0.39, 0.29) is 0 Å². The highest BCUT2D eigenvalue weighted by Crippen LogP contribution is 2.06. The fraction of sp³-hybridized carbons (Fsp3) is 0.300. The van der Waals surface area contributed by atoms with Crippen molar-refractivity contribution in [3.05, 3.63) is 35.8 Å². The van der Waals surface area contributed by atoms with Gasteiger partial charge in [-0.1, -0.05) is 0 Å². The summed E-state index contributed by atoms with van der Waals surface area (Å²) in [5.74, 6) is 1.92. The summed E-state index contributed by atoms with van der Waals surface area (Å²) in [4.78, 5) is 0. The van der Waals surface area contributed by atoms with Crippen molar-refractivity contribution >= 4 is 0 Å². The van der Waals surface area contributed by atoms with E-state index in [9.17, 15) is 0 Å². The molecule has 0 amide bonds. The average Bonchev–Trinajstić information content (AvgIpc) is 2.89. The van der Waals surface area contributed by atoms with E-state index in [4.69, 9.17) is 9.68 Å². The van der Waals surface area contributed by atoms with Crippen LogP contribution in [0.3, 0.4) is 0 Å². The Morgan fingerprint density at radius 1 is 1.50 bits per heavy atom. The highest BCUT2D eigenvalue weighted by molar-refractivity contribution is 5.18. The van der Waals surface area contributed by atoms with Crippen LogP contribution in [0.15, 0.2) is 22.9 Å². The van der Waals surface area contributed by atoms with Crippen molar-refractivity contribution in [1.29, 1.82) is 5.26 Å². The van der Waals surface area contributed by atoms with E-state index in [1.807, 2.05) is 17.7 Å². The topological polar surface area (TPSA) is 79.7 Å². The number of nitrogens with zero attached hydrogens (tertiary/aromatic N) is 4. The molecule has 0 aliphatic heterocycles. The van der Waals surface area contributed by atoms with Gasteiger partial charge in [0, 0.05) is 7.05 Å². The summed E-state index contributed by atoms with van der Waals surface area (Å²) in [6.07, 6.45) is 1.65. The summed E-state index contributed by atoms with van der Waals surface area (Å²) in [5.41, 5.74) is 0. The zero-order chi connectivity index (χ0) is 11.4. The first-order valence-electron chi connectivity index (χ1n) is 4.82. The standard InChI is InChI=1S/C10H11N5O/c1-15-7-13-14-10(15)6-12-5-9-3-2-8(4-11)16-9/h2-3,7,12H,5-6H2,1H3. The molecule has 0 atom stereocenters. The summed E-state index contributed by atoms with van der Waals surface area (Å²) in [5, 5.41) is 19.4. The molecule has 6 heteroatoms.